The predicted molar refractivity (Wildman–Crippen MR) is 41.3 cm³/mol. The fourth-order valence-corrected chi connectivity index (χ4v) is 0.700. The van der Waals surface area contributed by atoms with E-state index in [4.69, 9.17) is 10.8 Å². The molecule has 0 aliphatic rings. The third-order valence-electron chi connectivity index (χ3n) is 1.04. The van der Waals surface area contributed by atoms with E-state index < -0.39 is 5.54 Å². The first-order valence-corrected chi connectivity index (χ1v) is 4.00. The van der Waals surface area contributed by atoms with Gasteiger partial charge in [-0.25, -0.2) is 0 Å². The zero-order valence-corrected chi connectivity index (χ0v) is 6.86. The van der Waals surface area contributed by atoms with Crippen molar-refractivity contribution in [3.05, 3.63) is 0 Å². The first kappa shape index (κ1) is 9.74. The van der Waals surface area contributed by atoms with Gasteiger partial charge in [0, 0.05) is 6.26 Å². The van der Waals surface area contributed by atoms with Crippen LogP contribution in [-0.2, 0) is 4.79 Å². The Bertz CT molecular complexity index is 127. The van der Waals surface area contributed by atoms with Crippen LogP contribution in [0.3, 0.4) is 0 Å². The summed E-state index contributed by atoms with van der Waals surface area (Å²) in [6.07, 6.45) is 1.71. The second-order valence-corrected chi connectivity index (χ2v) is 2.82. The van der Waals surface area contributed by atoms with Gasteiger partial charge in [0.2, 0.25) is 0 Å². The highest BCUT2D eigenvalue weighted by molar-refractivity contribution is 7.97. The van der Waals surface area contributed by atoms with Crippen LogP contribution in [0.2, 0.25) is 0 Å². The molecule has 0 heterocycles. The van der Waals surface area contributed by atoms with Gasteiger partial charge in [0.05, 0.1) is 6.61 Å². The van der Waals surface area contributed by atoms with E-state index in [1.165, 1.54) is 6.92 Å². The molecule has 10 heavy (non-hydrogen) atoms. The third kappa shape index (κ3) is 2.55. The van der Waals surface area contributed by atoms with Gasteiger partial charge in [0.1, 0.15) is 5.54 Å². The monoisotopic (exact) mass is 164 g/mol. The number of amides is 1. The predicted octanol–water partition coefficient (Wildman–Crippen LogP) is -0.910. The lowest BCUT2D eigenvalue weighted by Gasteiger charge is -2.18. The normalized spacial score (nSPS) is 16.0. The largest absolute Gasteiger partial charge is 0.394 e. The van der Waals surface area contributed by atoms with Crippen LogP contribution < -0.4 is 10.5 Å². The van der Waals surface area contributed by atoms with Crippen molar-refractivity contribution in [1.82, 2.24) is 4.72 Å². The summed E-state index contributed by atoms with van der Waals surface area (Å²) < 4.78 is 2.43. The molecule has 0 aromatic rings. The van der Waals surface area contributed by atoms with Crippen LogP contribution in [0.15, 0.2) is 0 Å². The fraction of sp³-hybridized carbons (Fsp3) is 0.800. The number of hydrogen-bond donors (Lipinski definition) is 3. The smallest absolute Gasteiger partial charge is 0.251 e. The molecule has 4 N–H and O–H groups in total. The van der Waals surface area contributed by atoms with E-state index in [1.807, 2.05) is 0 Å². The molecule has 5 heteroatoms. The van der Waals surface area contributed by atoms with Crippen molar-refractivity contribution in [1.29, 1.82) is 0 Å². The maximum atomic E-state index is 10.9. The van der Waals surface area contributed by atoms with Crippen molar-refractivity contribution >= 4 is 17.9 Å². The van der Waals surface area contributed by atoms with Crippen LogP contribution in [-0.4, -0.2) is 29.4 Å². The molecule has 0 aliphatic heterocycles. The van der Waals surface area contributed by atoms with Gasteiger partial charge in [-0.1, -0.05) is 11.9 Å². The van der Waals surface area contributed by atoms with Gasteiger partial charge in [-0.15, -0.1) is 0 Å². The minimum absolute atomic E-state index is 0.348. The first-order chi connectivity index (χ1) is 4.54. The number of nitrogens with two attached hydrogens (primary N) is 1. The third-order valence-corrected chi connectivity index (χ3v) is 1.43. The Morgan fingerprint density at radius 2 is 2.40 bits per heavy atom. The molecule has 0 aromatic heterocycles. The second-order valence-electron chi connectivity index (χ2n) is 2.21. The lowest BCUT2D eigenvalue weighted by Crippen LogP contribution is -2.52. The molecule has 4 nitrogen and oxygen atoms in total. The second kappa shape index (κ2) is 3.80. The maximum Gasteiger partial charge on any atom is 0.251 e. The summed E-state index contributed by atoms with van der Waals surface area (Å²) >= 11 is 1.16. The number of nitrogens with one attached hydrogen (secondary N) is 1. The zero-order chi connectivity index (χ0) is 8.20. The van der Waals surface area contributed by atoms with Crippen molar-refractivity contribution < 1.29 is 9.90 Å². The highest BCUT2D eigenvalue weighted by Crippen LogP contribution is 1.98. The van der Waals surface area contributed by atoms with E-state index in [1.54, 1.807) is 6.26 Å². The summed E-state index contributed by atoms with van der Waals surface area (Å²) in [7, 11) is 0. The summed E-state index contributed by atoms with van der Waals surface area (Å²) in [5.74, 6) is -0.359. The average molecular weight is 164 g/mol. The van der Waals surface area contributed by atoms with Crippen molar-refractivity contribution in [2.24, 2.45) is 5.73 Å². The number of aliphatic hydroxyl groups is 1. The quantitative estimate of drug-likeness (QED) is 0.472. The molecule has 0 saturated carbocycles. The molecule has 0 unspecified atom stereocenters. The van der Waals surface area contributed by atoms with Crippen molar-refractivity contribution in [2.75, 3.05) is 12.9 Å². The molecule has 0 aliphatic carbocycles. The van der Waals surface area contributed by atoms with Crippen LogP contribution in [0.5, 0.6) is 0 Å². The van der Waals surface area contributed by atoms with Crippen LogP contribution in [0.25, 0.3) is 0 Å². The lowest BCUT2D eigenvalue weighted by molar-refractivity contribution is -0.125. The minimum Gasteiger partial charge on any atom is -0.394 e. The summed E-state index contributed by atoms with van der Waals surface area (Å²) in [5.41, 5.74) is 4.21. The lowest BCUT2D eigenvalue weighted by atomic mass is 10.1. The Balaban J connectivity index is 3.91. The fourth-order valence-electron chi connectivity index (χ4n) is 0.281. The Morgan fingerprint density at radius 1 is 1.90 bits per heavy atom. The topological polar surface area (TPSA) is 75.4 Å². The highest BCUT2D eigenvalue weighted by Gasteiger charge is 2.26. The Kier molecular flexibility index (Phi) is 3.70. The van der Waals surface area contributed by atoms with Gasteiger partial charge in [-0.3, -0.25) is 9.52 Å². The van der Waals surface area contributed by atoms with Gasteiger partial charge in [-0.05, 0) is 6.92 Å². The molecular weight excluding hydrogens is 152 g/mol. The van der Waals surface area contributed by atoms with E-state index in [-0.39, 0.29) is 12.5 Å². The first-order valence-electron chi connectivity index (χ1n) is 2.77. The van der Waals surface area contributed by atoms with E-state index in [0.29, 0.717) is 0 Å². The molecule has 1 amide bonds. The van der Waals surface area contributed by atoms with Gasteiger partial charge >= 0.3 is 0 Å². The van der Waals surface area contributed by atoms with Gasteiger partial charge < -0.3 is 10.8 Å². The number of aliphatic hydroxyl groups excluding tert-OH is 1. The summed E-state index contributed by atoms with van der Waals surface area (Å²) in [4.78, 5) is 10.9. The van der Waals surface area contributed by atoms with Crippen molar-refractivity contribution in [3.63, 3.8) is 0 Å². The molecule has 0 spiro atoms. The van der Waals surface area contributed by atoms with Crippen molar-refractivity contribution in [2.45, 2.75) is 12.5 Å². The number of carbonyl (C=O) groups excluding carboxylic acids is 1. The minimum atomic E-state index is -1.16. The molecule has 0 aromatic carbocycles. The molecule has 60 valence electrons. The van der Waals surface area contributed by atoms with E-state index in [0.717, 1.165) is 11.9 Å². The molecule has 0 bridgehead atoms. The molecular formula is C5H12N2O2S. The van der Waals surface area contributed by atoms with Gasteiger partial charge in [0.25, 0.3) is 5.91 Å². The maximum absolute atomic E-state index is 10.9. The summed E-state index contributed by atoms with van der Waals surface area (Å²) in [5, 5.41) is 8.60. The number of carbonyl (C=O) groups is 1. The van der Waals surface area contributed by atoms with Crippen molar-refractivity contribution in [3.8, 4) is 0 Å². The van der Waals surface area contributed by atoms with Crippen LogP contribution in [0.1, 0.15) is 6.92 Å². The Morgan fingerprint density at radius 3 is 2.70 bits per heavy atom. The highest BCUT2D eigenvalue weighted by atomic mass is 32.2. The summed E-state index contributed by atoms with van der Waals surface area (Å²) in [6, 6.07) is 0. The molecule has 0 fully saturated rings. The zero-order valence-electron chi connectivity index (χ0n) is 6.05. The number of rotatable bonds is 3. The Hall–Kier alpha value is -0.260. The average Bonchev–Trinajstić information content (AvgIpc) is 1.89. The Labute approximate surface area is 64.3 Å². The summed E-state index contributed by atoms with van der Waals surface area (Å²) in [6.45, 7) is 1.12. The van der Waals surface area contributed by atoms with E-state index >= 15 is 0 Å². The molecule has 0 saturated heterocycles. The van der Waals surface area contributed by atoms with Gasteiger partial charge in [0.15, 0.2) is 0 Å². The van der Waals surface area contributed by atoms with Crippen LogP contribution in [0, 0.1) is 0 Å². The SMILES string of the molecule is CSNC(=O)[C@](C)(N)CO. The van der Waals surface area contributed by atoms with Crippen LogP contribution >= 0.6 is 11.9 Å². The molecule has 0 radical (unpaired) electrons. The number of hydrogen-bond acceptors (Lipinski definition) is 4. The van der Waals surface area contributed by atoms with E-state index in [9.17, 15) is 4.79 Å². The molecule has 0 rings (SSSR count). The molecule has 1 atom stereocenters. The standard InChI is InChI=1S/C5H12N2O2S/c1-5(6,3-8)4(9)7-10-2/h8H,3,6H2,1-2H3,(H,7,9)/t5-/m1/s1. The van der Waals surface area contributed by atoms with Gasteiger partial charge in [-0.2, -0.15) is 0 Å². The van der Waals surface area contributed by atoms with E-state index in [2.05, 4.69) is 4.72 Å². The van der Waals surface area contributed by atoms with Crippen LogP contribution in [0.4, 0.5) is 0 Å².